The summed E-state index contributed by atoms with van der Waals surface area (Å²) in [5, 5.41) is 9.21. The van der Waals surface area contributed by atoms with E-state index in [4.69, 9.17) is 4.74 Å². The van der Waals surface area contributed by atoms with Crippen molar-refractivity contribution in [3.63, 3.8) is 0 Å². The summed E-state index contributed by atoms with van der Waals surface area (Å²) in [6.45, 7) is 2.79. The molecule has 1 fully saturated rings. The molecule has 0 amide bonds. The molecule has 1 aromatic carbocycles. The molecule has 90 valence electrons. The molecule has 0 bridgehead atoms. The molecule has 0 aromatic heterocycles. The van der Waals surface area contributed by atoms with Crippen LogP contribution in [0.3, 0.4) is 0 Å². The SMILES string of the molecule is CCC(C#N)C1(c2cc(Br)ccc2F)COC1. The average molecular weight is 298 g/mol. The Bertz CT molecular complexity index is 465. The van der Waals surface area contributed by atoms with Gasteiger partial charge in [0.15, 0.2) is 0 Å². The van der Waals surface area contributed by atoms with E-state index < -0.39 is 5.41 Å². The molecule has 1 aliphatic rings. The van der Waals surface area contributed by atoms with Crippen molar-refractivity contribution < 1.29 is 9.13 Å². The van der Waals surface area contributed by atoms with Crippen molar-refractivity contribution in [2.45, 2.75) is 18.8 Å². The number of benzene rings is 1. The van der Waals surface area contributed by atoms with Crippen molar-refractivity contribution in [3.8, 4) is 6.07 Å². The molecule has 1 atom stereocenters. The molecule has 2 nitrogen and oxygen atoms in total. The maximum Gasteiger partial charge on any atom is 0.127 e. The fraction of sp³-hybridized carbons (Fsp3) is 0.462. The molecule has 1 unspecified atom stereocenters. The molecule has 4 heteroatoms. The van der Waals surface area contributed by atoms with Gasteiger partial charge in [-0.2, -0.15) is 5.26 Å². The van der Waals surface area contributed by atoms with Gasteiger partial charge in [-0.05, 0) is 24.6 Å². The average Bonchev–Trinajstić information content (AvgIpc) is 2.27. The Balaban J connectivity index is 2.48. The Morgan fingerprint density at radius 2 is 2.29 bits per heavy atom. The lowest BCUT2D eigenvalue weighted by Gasteiger charge is -2.45. The van der Waals surface area contributed by atoms with Gasteiger partial charge in [-0.3, -0.25) is 0 Å². The fourth-order valence-corrected chi connectivity index (χ4v) is 2.71. The first-order valence-corrected chi connectivity index (χ1v) is 6.36. The molecular formula is C13H13BrFNO. The van der Waals surface area contributed by atoms with Gasteiger partial charge in [0.25, 0.3) is 0 Å². The van der Waals surface area contributed by atoms with Crippen LogP contribution in [0.4, 0.5) is 4.39 Å². The maximum absolute atomic E-state index is 13.9. The summed E-state index contributed by atoms with van der Waals surface area (Å²) in [6, 6.07) is 7.14. The van der Waals surface area contributed by atoms with Crippen LogP contribution in [0.2, 0.25) is 0 Å². The predicted octanol–water partition coefficient (Wildman–Crippen LogP) is 3.41. The smallest absolute Gasteiger partial charge is 0.127 e. The zero-order valence-corrected chi connectivity index (χ0v) is 11.1. The number of halogens is 2. The van der Waals surface area contributed by atoms with Crippen molar-refractivity contribution in [1.82, 2.24) is 0 Å². The van der Waals surface area contributed by atoms with Crippen LogP contribution >= 0.6 is 15.9 Å². The molecule has 0 N–H and O–H groups in total. The van der Waals surface area contributed by atoms with Crippen molar-refractivity contribution in [3.05, 3.63) is 34.1 Å². The summed E-state index contributed by atoms with van der Waals surface area (Å²) in [6.07, 6.45) is 0.700. The molecule has 1 aliphatic heterocycles. The van der Waals surface area contributed by atoms with Gasteiger partial charge in [0.05, 0.1) is 30.6 Å². The molecule has 2 rings (SSSR count). The second-order valence-corrected chi connectivity index (χ2v) is 5.28. The monoisotopic (exact) mass is 297 g/mol. The van der Waals surface area contributed by atoms with Crippen LogP contribution in [0.5, 0.6) is 0 Å². The molecular weight excluding hydrogens is 285 g/mol. The Morgan fingerprint density at radius 1 is 1.59 bits per heavy atom. The summed E-state index contributed by atoms with van der Waals surface area (Å²) in [5.74, 6) is -0.467. The summed E-state index contributed by atoms with van der Waals surface area (Å²) in [4.78, 5) is 0. The standard InChI is InChI=1S/C13H13BrFNO/c1-2-9(6-16)13(7-17-8-13)11-5-10(14)3-4-12(11)15/h3-5,9H,2,7-8H2,1H3. The van der Waals surface area contributed by atoms with E-state index in [0.717, 1.165) is 4.47 Å². The zero-order chi connectivity index (χ0) is 12.5. The number of nitrogens with zero attached hydrogens (tertiary/aromatic N) is 1. The van der Waals surface area contributed by atoms with Crippen molar-refractivity contribution >= 4 is 15.9 Å². The number of nitriles is 1. The lowest BCUT2D eigenvalue weighted by Crippen LogP contribution is -2.52. The van der Waals surface area contributed by atoms with E-state index in [0.29, 0.717) is 25.2 Å². The van der Waals surface area contributed by atoms with Crippen LogP contribution in [0.25, 0.3) is 0 Å². The maximum atomic E-state index is 13.9. The van der Waals surface area contributed by atoms with Gasteiger partial charge in [-0.15, -0.1) is 0 Å². The van der Waals surface area contributed by atoms with Crippen LogP contribution in [-0.4, -0.2) is 13.2 Å². The third-order valence-electron chi connectivity index (χ3n) is 3.42. The van der Waals surface area contributed by atoms with Gasteiger partial charge >= 0.3 is 0 Å². The third-order valence-corrected chi connectivity index (χ3v) is 3.91. The zero-order valence-electron chi connectivity index (χ0n) is 9.54. The van der Waals surface area contributed by atoms with Crippen LogP contribution in [0.15, 0.2) is 22.7 Å². The molecule has 0 radical (unpaired) electrons. The Hall–Kier alpha value is -0.920. The minimum absolute atomic E-state index is 0.208. The Labute approximate surface area is 109 Å². The Morgan fingerprint density at radius 3 is 2.76 bits per heavy atom. The quantitative estimate of drug-likeness (QED) is 0.856. The van der Waals surface area contributed by atoms with Crippen LogP contribution < -0.4 is 0 Å². The molecule has 1 heterocycles. The van der Waals surface area contributed by atoms with Crippen molar-refractivity contribution in [2.24, 2.45) is 5.92 Å². The van der Waals surface area contributed by atoms with E-state index in [9.17, 15) is 9.65 Å². The van der Waals surface area contributed by atoms with Gasteiger partial charge in [0.2, 0.25) is 0 Å². The second-order valence-electron chi connectivity index (χ2n) is 4.36. The highest BCUT2D eigenvalue weighted by Gasteiger charge is 2.48. The highest BCUT2D eigenvalue weighted by molar-refractivity contribution is 9.10. The van der Waals surface area contributed by atoms with Gasteiger partial charge in [-0.25, -0.2) is 4.39 Å². The number of ether oxygens (including phenoxy) is 1. The third kappa shape index (κ3) is 1.98. The normalized spacial score (nSPS) is 19.2. The van der Waals surface area contributed by atoms with Gasteiger partial charge in [0.1, 0.15) is 5.82 Å². The van der Waals surface area contributed by atoms with E-state index in [2.05, 4.69) is 22.0 Å². The minimum atomic E-state index is -0.475. The van der Waals surface area contributed by atoms with Crippen LogP contribution in [0, 0.1) is 23.1 Å². The van der Waals surface area contributed by atoms with E-state index in [1.165, 1.54) is 6.07 Å². The van der Waals surface area contributed by atoms with Gasteiger partial charge < -0.3 is 4.74 Å². The molecule has 0 aliphatic carbocycles. The molecule has 0 spiro atoms. The lowest BCUT2D eigenvalue weighted by atomic mass is 9.68. The number of hydrogen-bond acceptors (Lipinski definition) is 2. The van der Waals surface area contributed by atoms with Crippen molar-refractivity contribution in [1.29, 1.82) is 5.26 Å². The summed E-state index contributed by atoms with van der Waals surface area (Å²) < 4.78 is 20.0. The minimum Gasteiger partial charge on any atom is -0.379 e. The van der Waals surface area contributed by atoms with Gasteiger partial charge in [0, 0.05) is 10.0 Å². The van der Waals surface area contributed by atoms with E-state index in [1.807, 2.05) is 6.92 Å². The van der Waals surface area contributed by atoms with Gasteiger partial charge in [-0.1, -0.05) is 22.9 Å². The molecule has 1 aromatic rings. The summed E-state index contributed by atoms with van der Waals surface area (Å²) in [5.41, 5.74) is 0.115. The highest BCUT2D eigenvalue weighted by Crippen LogP contribution is 2.42. The summed E-state index contributed by atoms with van der Waals surface area (Å²) in [7, 11) is 0. The second kappa shape index (κ2) is 4.75. The molecule has 1 saturated heterocycles. The highest BCUT2D eigenvalue weighted by atomic mass is 79.9. The number of hydrogen-bond donors (Lipinski definition) is 0. The first kappa shape index (κ1) is 12.5. The topological polar surface area (TPSA) is 33.0 Å². The van der Waals surface area contributed by atoms with E-state index in [-0.39, 0.29) is 11.7 Å². The number of rotatable bonds is 3. The first-order chi connectivity index (χ1) is 8.14. The lowest BCUT2D eigenvalue weighted by molar-refractivity contribution is -0.0820. The molecule has 0 saturated carbocycles. The van der Waals surface area contributed by atoms with Crippen LogP contribution in [-0.2, 0) is 10.2 Å². The molecule has 17 heavy (non-hydrogen) atoms. The predicted molar refractivity (Wildman–Crippen MR) is 66.0 cm³/mol. The summed E-state index contributed by atoms with van der Waals surface area (Å²) >= 11 is 3.34. The fourth-order valence-electron chi connectivity index (χ4n) is 2.35. The van der Waals surface area contributed by atoms with E-state index in [1.54, 1.807) is 12.1 Å². The van der Waals surface area contributed by atoms with Crippen molar-refractivity contribution in [2.75, 3.05) is 13.2 Å². The largest absolute Gasteiger partial charge is 0.379 e. The Kier molecular flexibility index (Phi) is 3.50. The van der Waals surface area contributed by atoms with Crippen LogP contribution in [0.1, 0.15) is 18.9 Å². The van der Waals surface area contributed by atoms with E-state index >= 15 is 0 Å². The first-order valence-electron chi connectivity index (χ1n) is 5.57.